The highest BCUT2D eigenvalue weighted by atomic mass is 16.6. The van der Waals surface area contributed by atoms with Gasteiger partial charge in [0.1, 0.15) is 11.3 Å². The van der Waals surface area contributed by atoms with E-state index < -0.39 is 21.2 Å². The Hall–Kier alpha value is -4.07. The molecule has 1 aromatic heterocycles. The topological polar surface area (TPSA) is 116 Å². The second-order valence-electron chi connectivity index (χ2n) is 5.89. The van der Waals surface area contributed by atoms with Crippen LogP contribution >= 0.6 is 0 Å². The minimum atomic E-state index is -0.731. The normalized spacial score (nSPS) is 11.0. The number of hydrogen-bond donors (Lipinski definition) is 0. The van der Waals surface area contributed by atoms with E-state index in [9.17, 15) is 25.0 Å². The molecule has 8 nitrogen and oxygen atoms in total. The van der Waals surface area contributed by atoms with E-state index in [0.717, 1.165) is 23.6 Å². The Balaban J connectivity index is 2.05. The number of nitrogens with zero attached hydrogens (tertiary/aromatic N) is 2. The number of rotatable bonds is 3. The van der Waals surface area contributed by atoms with E-state index >= 15 is 0 Å². The minimum absolute atomic E-state index is 0.0238. The maximum atomic E-state index is 12.5. The van der Waals surface area contributed by atoms with Crippen LogP contribution in [0.15, 0.2) is 69.9 Å². The fourth-order valence-corrected chi connectivity index (χ4v) is 2.97. The summed E-state index contributed by atoms with van der Waals surface area (Å²) in [6.45, 7) is 0. The van der Waals surface area contributed by atoms with Crippen LogP contribution in [0, 0.1) is 20.2 Å². The molecular formula is C19H10N2O6. The first-order chi connectivity index (χ1) is 12.9. The maximum absolute atomic E-state index is 12.5. The average Bonchev–Trinajstić information content (AvgIpc) is 2.67. The molecule has 0 saturated heterocycles. The summed E-state index contributed by atoms with van der Waals surface area (Å²) in [6, 6.07) is 15.1. The van der Waals surface area contributed by atoms with E-state index in [-0.39, 0.29) is 16.8 Å². The van der Waals surface area contributed by atoms with Gasteiger partial charge in [-0.2, -0.15) is 0 Å². The predicted octanol–water partition coefficient (Wildman–Crippen LogP) is 4.43. The third-order valence-electron chi connectivity index (χ3n) is 4.23. The predicted molar refractivity (Wildman–Crippen MR) is 98.7 cm³/mol. The lowest BCUT2D eigenvalue weighted by atomic mass is 10.1. The van der Waals surface area contributed by atoms with Crippen molar-refractivity contribution in [1.82, 2.24) is 0 Å². The summed E-state index contributed by atoms with van der Waals surface area (Å²) in [4.78, 5) is 33.3. The molecule has 0 N–H and O–H groups in total. The van der Waals surface area contributed by atoms with Gasteiger partial charge in [0, 0.05) is 29.1 Å². The van der Waals surface area contributed by atoms with Crippen molar-refractivity contribution in [1.29, 1.82) is 0 Å². The number of non-ortho nitro benzene ring substituents is 2. The van der Waals surface area contributed by atoms with Gasteiger partial charge in [0.25, 0.3) is 11.4 Å². The van der Waals surface area contributed by atoms with Crippen molar-refractivity contribution in [3.63, 3.8) is 0 Å². The van der Waals surface area contributed by atoms with Crippen molar-refractivity contribution >= 4 is 33.1 Å². The molecule has 0 unspecified atom stereocenters. The summed E-state index contributed by atoms with van der Waals surface area (Å²) >= 11 is 0. The second-order valence-corrected chi connectivity index (χ2v) is 5.89. The fourth-order valence-electron chi connectivity index (χ4n) is 2.97. The quantitative estimate of drug-likeness (QED) is 0.302. The molecule has 1 heterocycles. The number of hydrogen-bond acceptors (Lipinski definition) is 6. The van der Waals surface area contributed by atoms with Gasteiger partial charge in [-0.15, -0.1) is 0 Å². The lowest BCUT2D eigenvalue weighted by Gasteiger charge is -2.06. The average molecular weight is 362 g/mol. The molecule has 0 bridgehead atoms. The van der Waals surface area contributed by atoms with Crippen molar-refractivity contribution < 1.29 is 14.3 Å². The lowest BCUT2D eigenvalue weighted by molar-refractivity contribution is -0.394. The Morgan fingerprint density at radius 3 is 2.11 bits per heavy atom. The van der Waals surface area contributed by atoms with E-state index in [2.05, 4.69) is 0 Å². The first-order valence-electron chi connectivity index (χ1n) is 7.84. The van der Waals surface area contributed by atoms with Crippen LogP contribution in [0.5, 0.6) is 0 Å². The van der Waals surface area contributed by atoms with Crippen LogP contribution in [-0.4, -0.2) is 9.85 Å². The zero-order chi connectivity index (χ0) is 19.1. The zero-order valence-corrected chi connectivity index (χ0v) is 13.6. The molecule has 4 rings (SSSR count). The highest BCUT2D eigenvalue weighted by molar-refractivity contribution is 6.04. The minimum Gasteiger partial charge on any atom is -0.455 e. The third kappa shape index (κ3) is 2.78. The van der Waals surface area contributed by atoms with Crippen LogP contribution in [-0.2, 0) is 0 Å². The summed E-state index contributed by atoms with van der Waals surface area (Å²) in [5.41, 5.74) is -0.849. The van der Waals surface area contributed by atoms with Gasteiger partial charge in [-0.3, -0.25) is 25.0 Å². The standard InChI is InChI=1S/C19H10N2O6/c22-17-10-18(12-7-13(20(23)24)9-14(8-12)21(25)26)27-19-15-4-2-1-3-11(15)5-6-16(17)19/h1-10H. The van der Waals surface area contributed by atoms with Crippen LogP contribution in [0.4, 0.5) is 11.4 Å². The number of nitro groups is 2. The van der Waals surface area contributed by atoms with E-state index in [4.69, 9.17) is 4.42 Å². The Morgan fingerprint density at radius 1 is 0.778 bits per heavy atom. The van der Waals surface area contributed by atoms with Crippen LogP contribution < -0.4 is 5.43 Å². The smallest absolute Gasteiger partial charge is 0.277 e. The van der Waals surface area contributed by atoms with Gasteiger partial charge in [0.2, 0.25) is 0 Å². The largest absolute Gasteiger partial charge is 0.455 e. The number of nitro benzene ring substituents is 2. The van der Waals surface area contributed by atoms with Gasteiger partial charge in [-0.1, -0.05) is 30.3 Å². The SMILES string of the molecule is O=c1cc(-c2cc([N+](=O)[O-])cc([N+](=O)[O-])c2)oc2c1ccc1ccccc12. The molecule has 0 radical (unpaired) electrons. The second kappa shape index (κ2) is 6.03. The third-order valence-corrected chi connectivity index (χ3v) is 4.23. The highest BCUT2D eigenvalue weighted by Crippen LogP contribution is 2.32. The maximum Gasteiger partial charge on any atom is 0.277 e. The van der Waals surface area contributed by atoms with Crippen LogP contribution in [0.1, 0.15) is 0 Å². The molecule has 0 amide bonds. The first-order valence-corrected chi connectivity index (χ1v) is 7.84. The molecule has 0 aliphatic carbocycles. The number of fused-ring (bicyclic) bond motifs is 3. The summed E-state index contributed by atoms with van der Waals surface area (Å²) in [5.74, 6) is 0.0238. The van der Waals surface area contributed by atoms with Gasteiger partial charge in [0.05, 0.1) is 21.3 Å². The first kappa shape index (κ1) is 16.4. The molecule has 0 atom stereocenters. The van der Waals surface area contributed by atoms with Gasteiger partial charge >= 0.3 is 0 Å². The van der Waals surface area contributed by atoms with Gasteiger partial charge in [-0.25, -0.2) is 0 Å². The summed E-state index contributed by atoms with van der Waals surface area (Å²) < 4.78 is 5.87. The van der Waals surface area contributed by atoms with Gasteiger partial charge < -0.3 is 4.42 Å². The molecule has 0 spiro atoms. The van der Waals surface area contributed by atoms with Crippen molar-refractivity contribution in [3.05, 3.63) is 91.1 Å². The molecule has 0 fully saturated rings. The molecular weight excluding hydrogens is 352 g/mol. The van der Waals surface area contributed by atoms with E-state index in [1.165, 1.54) is 6.07 Å². The van der Waals surface area contributed by atoms with Crippen LogP contribution in [0.25, 0.3) is 33.1 Å². The monoisotopic (exact) mass is 362 g/mol. The lowest BCUT2D eigenvalue weighted by Crippen LogP contribution is -2.01. The molecule has 0 aliphatic heterocycles. The van der Waals surface area contributed by atoms with Crippen LogP contribution in [0.3, 0.4) is 0 Å². The summed E-state index contributed by atoms with van der Waals surface area (Å²) in [7, 11) is 0. The zero-order valence-electron chi connectivity index (χ0n) is 13.6. The highest BCUT2D eigenvalue weighted by Gasteiger charge is 2.19. The van der Waals surface area contributed by atoms with Gasteiger partial charge in [0.15, 0.2) is 5.43 Å². The van der Waals surface area contributed by atoms with Crippen molar-refractivity contribution in [3.8, 4) is 11.3 Å². The Kier molecular flexibility index (Phi) is 3.66. The molecule has 3 aromatic carbocycles. The fraction of sp³-hybridized carbons (Fsp3) is 0. The molecule has 4 aromatic rings. The van der Waals surface area contributed by atoms with E-state index in [1.54, 1.807) is 24.3 Å². The van der Waals surface area contributed by atoms with Crippen molar-refractivity contribution in [2.75, 3.05) is 0 Å². The Bertz CT molecular complexity index is 1280. The molecule has 0 saturated carbocycles. The molecule has 27 heavy (non-hydrogen) atoms. The Morgan fingerprint density at radius 2 is 1.44 bits per heavy atom. The van der Waals surface area contributed by atoms with E-state index in [1.807, 2.05) is 12.1 Å². The molecule has 132 valence electrons. The van der Waals surface area contributed by atoms with E-state index in [0.29, 0.717) is 16.4 Å². The van der Waals surface area contributed by atoms with Crippen molar-refractivity contribution in [2.45, 2.75) is 0 Å². The molecule has 8 heteroatoms. The summed E-state index contributed by atoms with van der Waals surface area (Å²) in [5, 5.41) is 24.1. The summed E-state index contributed by atoms with van der Waals surface area (Å²) in [6.07, 6.45) is 0. The Labute approximate surface area is 150 Å². The van der Waals surface area contributed by atoms with Crippen molar-refractivity contribution in [2.24, 2.45) is 0 Å². The molecule has 0 aliphatic rings. The number of benzene rings is 3. The van der Waals surface area contributed by atoms with Crippen LogP contribution in [0.2, 0.25) is 0 Å². The van der Waals surface area contributed by atoms with Gasteiger partial charge in [-0.05, 0) is 11.5 Å².